The molecule has 0 aliphatic heterocycles. The monoisotopic (exact) mass is 271 g/mol. The number of carbonyl (C=O) groups excluding carboxylic acids is 2. The van der Waals surface area contributed by atoms with Crippen molar-refractivity contribution in [3.63, 3.8) is 0 Å². The Balaban J connectivity index is 0.00000289. The highest BCUT2D eigenvalue weighted by atomic mass is 35.5. The smallest absolute Gasteiger partial charge is 0.228 e. The summed E-state index contributed by atoms with van der Waals surface area (Å²) in [5.41, 5.74) is 11.4. The molecule has 1 rings (SSSR count). The first-order chi connectivity index (χ1) is 8.15. The van der Waals surface area contributed by atoms with Gasteiger partial charge < -0.3 is 16.8 Å². The highest BCUT2D eigenvalue weighted by Crippen LogP contribution is 2.13. The summed E-state index contributed by atoms with van der Waals surface area (Å²) in [5.74, 6) is -1.00. The van der Waals surface area contributed by atoms with E-state index >= 15 is 0 Å². The van der Waals surface area contributed by atoms with Crippen LogP contribution in [0.5, 0.6) is 0 Å². The minimum absolute atomic E-state index is 0. The van der Waals surface area contributed by atoms with Crippen LogP contribution in [0.1, 0.15) is 17.9 Å². The first-order valence-electron chi connectivity index (χ1n) is 5.46. The van der Waals surface area contributed by atoms with Crippen LogP contribution in [0.3, 0.4) is 0 Å². The zero-order valence-electron chi connectivity index (χ0n) is 9.96. The number of rotatable bonds is 6. The lowest BCUT2D eigenvalue weighted by atomic mass is 9.98. The number of hydrogen-bond acceptors (Lipinski definition) is 3. The second kappa shape index (κ2) is 8.49. The third-order valence-electron chi connectivity index (χ3n) is 2.42. The van der Waals surface area contributed by atoms with E-state index in [0.29, 0.717) is 0 Å². The van der Waals surface area contributed by atoms with Gasteiger partial charge in [0.25, 0.3) is 0 Å². The average Bonchev–Trinajstić information content (AvgIpc) is 2.31. The lowest BCUT2D eigenvalue weighted by Gasteiger charge is -2.14. The van der Waals surface area contributed by atoms with E-state index in [1.165, 1.54) is 0 Å². The van der Waals surface area contributed by atoms with Gasteiger partial charge in [-0.15, -0.1) is 12.4 Å². The lowest BCUT2D eigenvalue weighted by molar-refractivity contribution is -0.122. The van der Waals surface area contributed by atoms with E-state index < -0.39 is 5.91 Å². The third-order valence-corrected chi connectivity index (χ3v) is 2.42. The summed E-state index contributed by atoms with van der Waals surface area (Å²) in [7, 11) is 0. The molecule has 100 valence electrons. The van der Waals surface area contributed by atoms with E-state index in [4.69, 9.17) is 11.5 Å². The van der Waals surface area contributed by atoms with Crippen LogP contribution in [-0.2, 0) is 9.59 Å². The quantitative estimate of drug-likeness (QED) is 0.686. The fourth-order valence-electron chi connectivity index (χ4n) is 1.51. The number of benzene rings is 1. The van der Waals surface area contributed by atoms with Crippen LogP contribution in [0.4, 0.5) is 0 Å². The number of halogens is 1. The van der Waals surface area contributed by atoms with Crippen molar-refractivity contribution in [1.29, 1.82) is 0 Å². The second-order valence-corrected chi connectivity index (χ2v) is 3.71. The first-order valence-corrected chi connectivity index (χ1v) is 5.46. The van der Waals surface area contributed by atoms with Crippen LogP contribution >= 0.6 is 12.4 Å². The van der Waals surface area contributed by atoms with E-state index in [0.717, 1.165) is 5.56 Å². The predicted octanol–water partition coefficient (Wildman–Crippen LogP) is 0.142. The minimum Gasteiger partial charge on any atom is -0.370 e. The van der Waals surface area contributed by atoms with E-state index in [1.54, 1.807) is 0 Å². The molecule has 1 unspecified atom stereocenters. The van der Waals surface area contributed by atoms with Crippen molar-refractivity contribution < 1.29 is 9.59 Å². The molecule has 5 N–H and O–H groups in total. The zero-order valence-corrected chi connectivity index (χ0v) is 10.8. The highest BCUT2D eigenvalue weighted by Gasteiger charge is 2.18. The first kappa shape index (κ1) is 16.4. The Kier molecular flexibility index (Phi) is 7.74. The number of carbonyl (C=O) groups is 2. The fraction of sp³-hybridized carbons (Fsp3) is 0.333. The molecule has 5 nitrogen and oxygen atoms in total. The van der Waals surface area contributed by atoms with Crippen LogP contribution in [0.2, 0.25) is 0 Å². The Morgan fingerprint density at radius 1 is 1.22 bits per heavy atom. The SMILES string of the molecule is Cl.NCC(C(=O)NCCC(N)=O)c1ccccc1. The zero-order chi connectivity index (χ0) is 12.7. The second-order valence-electron chi connectivity index (χ2n) is 3.71. The maximum absolute atomic E-state index is 11.8. The summed E-state index contributed by atoms with van der Waals surface area (Å²) >= 11 is 0. The molecule has 6 heteroatoms. The Labute approximate surface area is 112 Å². The van der Waals surface area contributed by atoms with Crippen molar-refractivity contribution in [3.8, 4) is 0 Å². The molecule has 0 fully saturated rings. The maximum atomic E-state index is 11.8. The van der Waals surface area contributed by atoms with Gasteiger partial charge in [-0.25, -0.2) is 0 Å². The molecule has 0 bridgehead atoms. The number of nitrogens with two attached hydrogens (primary N) is 2. The van der Waals surface area contributed by atoms with Gasteiger partial charge in [-0.1, -0.05) is 30.3 Å². The van der Waals surface area contributed by atoms with Gasteiger partial charge >= 0.3 is 0 Å². The van der Waals surface area contributed by atoms with Crippen LogP contribution in [-0.4, -0.2) is 24.9 Å². The molecule has 1 aromatic carbocycles. The van der Waals surface area contributed by atoms with Crippen molar-refractivity contribution in [2.24, 2.45) is 11.5 Å². The van der Waals surface area contributed by atoms with Gasteiger partial charge in [-0.05, 0) is 5.56 Å². The highest BCUT2D eigenvalue weighted by molar-refractivity contribution is 5.85. The van der Waals surface area contributed by atoms with Gasteiger partial charge in [0.15, 0.2) is 0 Å². The van der Waals surface area contributed by atoms with Crippen molar-refractivity contribution >= 4 is 24.2 Å². The molecular formula is C12H18ClN3O2. The maximum Gasteiger partial charge on any atom is 0.228 e. The molecule has 0 radical (unpaired) electrons. The number of primary amides is 1. The fourth-order valence-corrected chi connectivity index (χ4v) is 1.51. The summed E-state index contributed by atoms with van der Waals surface area (Å²) in [6.45, 7) is 0.476. The van der Waals surface area contributed by atoms with E-state index in [-0.39, 0.29) is 43.7 Å². The van der Waals surface area contributed by atoms with Gasteiger partial charge in [-0.3, -0.25) is 9.59 Å². The van der Waals surface area contributed by atoms with Gasteiger partial charge in [0.1, 0.15) is 0 Å². The van der Waals surface area contributed by atoms with Gasteiger partial charge in [0, 0.05) is 19.5 Å². The molecule has 0 saturated heterocycles. The van der Waals surface area contributed by atoms with E-state index in [9.17, 15) is 9.59 Å². The third kappa shape index (κ3) is 5.16. The minimum atomic E-state index is -0.436. The Hall–Kier alpha value is -1.59. The summed E-state index contributed by atoms with van der Waals surface area (Å²) in [5, 5.41) is 2.64. The molecule has 0 aliphatic carbocycles. The van der Waals surface area contributed by atoms with Crippen LogP contribution in [0.15, 0.2) is 30.3 Å². The summed E-state index contributed by atoms with van der Waals surface area (Å²) in [6.07, 6.45) is 0.137. The van der Waals surface area contributed by atoms with Crippen LogP contribution < -0.4 is 16.8 Å². The summed E-state index contributed by atoms with van der Waals surface area (Å²) < 4.78 is 0. The van der Waals surface area contributed by atoms with Crippen molar-refractivity contribution in [3.05, 3.63) is 35.9 Å². The van der Waals surface area contributed by atoms with Gasteiger partial charge in [0.05, 0.1) is 5.92 Å². The van der Waals surface area contributed by atoms with E-state index in [1.807, 2.05) is 30.3 Å². The van der Waals surface area contributed by atoms with Crippen molar-refractivity contribution in [2.45, 2.75) is 12.3 Å². The average molecular weight is 272 g/mol. The molecule has 0 aromatic heterocycles. The van der Waals surface area contributed by atoms with Gasteiger partial charge in [-0.2, -0.15) is 0 Å². The molecule has 2 amide bonds. The molecule has 18 heavy (non-hydrogen) atoms. The van der Waals surface area contributed by atoms with E-state index in [2.05, 4.69) is 5.32 Å². The topological polar surface area (TPSA) is 98.2 Å². The molecular weight excluding hydrogens is 254 g/mol. The van der Waals surface area contributed by atoms with Crippen LogP contribution in [0.25, 0.3) is 0 Å². The molecule has 1 atom stereocenters. The largest absolute Gasteiger partial charge is 0.370 e. The summed E-state index contributed by atoms with van der Waals surface area (Å²) in [4.78, 5) is 22.3. The summed E-state index contributed by atoms with van der Waals surface area (Å²) in [6, 6.07) is 9.29. The molecule has 0 heterocycles. The molecule has 0 spiro atoms. The van der Waals surface area contributed by atoms with Crippen LogP contribution in [0, 0.1) is 0 Å². The number of nitrogens with one attached hydrogen (secondary N) is 1. The normalized spacial score (nSPS) is 11.2. The molecule has 0 aliphatic rings. The molecule has 1 aromatic rings. The lowest BCUT2D eigenvalue weighted by Crippen LogP contribution is -2.35. The standard InChI is InChI=1S/C12H17N3O2.ClH/c13-8-10(9-4-2-1-3-5-9)12(17)15-7-6-11(14)16;/h1-5,10H,6-8,13H2,(H2,14,16)(H,15,17);1H. The predicted molar refractivity (Wildman–Crippen MR) is 72.3 cm³/mol. The molecule has 0 saturated carbocycles. The Morgan fingerprint density at radius 2 is 1.83 bits per heavy atom. The van der Waals surface area contributed by atoms with Gasteiger partial charge in [0.2, 0.25) is 11.8 Å². The Bertz CT molecular complexity index is 384. The van der Waals surface area contributed by atoms with Crippen molar-refractivity contribution in [1.82, 2.24) is 5.32 Å². The number of hydrogen-bond donors (Lipinski definition) is 3. The van der Waals surface area contributed by atoms with Crippen molar-refractivity contribution in [2.75, 3.05) is 13.1 Å². The Morgan fingerprint density at radius 3 is 2.33 bits per heavy atom. The number of amides is 2.